The van der Waals surface area contributed by atoms with Crippen molar-refractivity contribution in [2.24, 2.45) is 0 Å². The maximum absolute atomic E-state index is 11.4. The van der Waals surface area contributed by atoms with Crippen molar-refractivity contribution >= 4 is 57.1 Å². The average Bonchev–Trinajstić information content (AvgIpc) is 2.80. The first-order valence-electron chi connectivity index (χ1n) is 5.77. The molecular formula is C13H10Cl2N2O3S. The fraction of sp³-hybridized carbons (Fsp3) is 0.154. The van der Waals surface area contributed by atoms with Crippen LogP contribution in [-0.4, -0.2) is 21.8 Å². The molecule has 0 aliphatic heterocycles. The van der Waals surface area contributed by atoms with E-state index in [0.717, 1.165) is 16.9 Å². The van der Waals surface area contributed by atoms with Gasteiger partial charge in [-0.2, -0.15) is 0 Å². The Morgan fingerprint density at radius 1 is 1.29 bits per heavy atom. The standard InChI is InChI=1S/C13H10Cl2N2O3S/c1-5-3-8(15)9(4-7(5)14)16-13-17-10(12(19)20)11(21-13)6(2)18/h3-4H,1-2H3,(H,16,17)(H,19,20). The SMILES string of the molecule is CC(=O)c1sc(Nc2cc(Cl)c(C)cc2Cl)nc1C(=O)O. The van der Waals surface area contributed by atoms with Crippen LogP contribution in [0.1, 0.15) is 32.6 Å². The fourth-order valence-electron chi connectivity index (χ4n) is 1.61. The second kappa shape index (κ2) is 6.01. The van der Waals surface area contributed by atoms with Crippen LogP contribution < -0.4 is 5.32 Å². The van der Waals surface area contributed by atoms with Crippen LogP contribution in [0, 0.1) is 6.92 Å². The summed E-state index contributed by atoms with van der Waals surface area (Å²) in [6.45, 7) is 3.11. The number of aromatic nitrogens is 1. The molecule has 110 valence electrons. The minimum atomic E-state index is -1.25. The molecule has 0 unspecified atom stereocenters. The van der Waals surface area contributed by atoms with E-state index >= 15 is 0 Å². The van der Waals surface area contributed by atoms with E-state index < -0.39 is 5.97 Å². The molecule has 2 aromatic rings. The van der Waals surface area contributed by atoms with Crippen LogP contribution in [0.25, 0.3) is 0 Å². The van der Waals surface area contributed by atoms with Gasteiger partial charge in [0.25, 0.3) is 0 Å². The van der Waals surface area contributed by atoms with Crippen molar-refractivity contribution < 1.29 is 14.7 Å². The molecule has 0 aliphatic rings. The first-order valence-corrected chi connectivity index (χ1v) is 7.34. The number of aryl methyl sites for hydroxylation is 1. The molecule has 0 aliphatic carbocycles. The first-order chi connectivity index (χ1) is 9.79. The molecule has 1 aromatic heterocycles. The minimum absolute atomic E-state index is 0.0827. The van der Waals surface area contributed by atoms with Gasteiger partial charge in [-0.15, -0.1) is 0 Å². The van der Waals surface area contributed by atoms with Crippen molar-refractivity contribution in [3.63, 3.8) is 0 Å². The molecule has 5 nitrogen and oxygen atoms in total. The summed E-state index contributed by atoms with van der Waals surface area (Å²) in [7, 11) is 0. The Morgan fingerprint density at radius 2 is 1.95 bits per heavy atom. The summed E-state index contributed by atoms with van der Waals surface area (Å²) in [6.07, 6.45) is 0. The van der Waals surface area contributed by atoms with E-state index in [2.05, 4.69) is 10.3 Å². The lowest BCUT2D eigenvalue weighted by atomic mass is 10.2. The molecule has 2 N–H and O–H groups in total. The number of nitrogens with one attached hydrogen (secondary N) is 1. The number of halogens is 2. The summed E-state index contributed by atoms with van der Waals surface area (Å²) in [4.78, 5) is 26.5. The molecule has 21 heavy (non-hydrogen) atoms. The molecule has 0 spiro atoms. The van der Waals surface area contributed by atoms with Crippen LogP contribution >= 0.6 is 34.5 Å². The molecule has 0 amide bonds. The molecule has 0 saturated heterocycles. The summed E-state index contributed by atoms with van der Waals surface area (Å²) in [5.41, 5.74) is 1.04. The molecule has 0 radical (unpaired) electrons. The molecule has 1 aromatic carbocycles. The molecule has 0 fully saturated rings. The number of benzene rings is 1. The third-order valence-electron chi connectivity index (χ3n) is 2.64. The zero-order valence-corrected chi connectivity index (χ0v) is 13.4. The number of ketones is 1. The topological polar surface area (TPSA) is 79.3 Å². The van der Waals surface area contributed by atoms with Crippen molar-refractivity contribution in [2.45, 2.75) is 13.8 Å². The summed E-state index contributed by atoms with van der Waals surface area (Å²) >= 11 is 13.1. The fourth-order valence-corrected chi connectivity index (χ4v) is 2.91. The number of anilines is 2. The lowest BCUT2D eigenvalue weighted by Gasteiger charge is -2.07. The number of Topliss-reactive ketones (excluding diaryl/α,β-unsaturated/α-hetero) is 1. The monoisotopic (exact) mass is 344 g/mol. The number of carboxylic acid groups (broad SMARTS) is 1. The quantitative estimate of drug-likeness (QED) is 0.803. The third kappa shape index (κ3) is 3.34. The predicted octanol–water partition coefficient (Wildman–Crippen LogP) is 4.40. The summed E-state index contributed by atoms with van der Waals surface area (Å²) in [5, 5.41) is 13.1. The Balaban J connectivity index is 2.41. The van der Waals surface area contributed by atoms with Crippen molar-refractivity contribution in [3.8, 4) is 0 Å². The maximum Gasteiger partial charge on any atom is 0.356 e. The van der Waals surface area contributed by atoms with Crippen LogP contribution in [0.2, 0.25) is 10.0 Å². The molecule has 1 heterocycles. The molecule has 2 rings (SSSR count). The number of hydrogen-bond donors (Lipinski definition) is 2. The number of carboxylic acids is 1. The van der Waals surface area contributed by atoms with E-state index in [0.29, 0.717) is 15.7 Å². The van der Waals surface area contributed by atoms with Gasteiger partial charge < -0.3 is 10.4 Å². The number of carbonyl (C=O) groups excluding carboxylic acids is 1. The maximum atomic E-state index is 11.4. The number of carbonyl (C=O) groups is 2. The number of hydrogen-bond acceptors (Lipinski definition) is 5. The smallest absolute Gasteiger partial charge is 0.356 e. The average molecular weight is 345 g/mol. The number of thiazole rings is 1. The Labute approximate surface area is 134 Å². The van der Waals surface area contributed by atoms with Gasteiger partial charge in [-0.05, 0) is 24.6 Å². The van der Waals surface area contributed by atoms with Gasteiger partial charge in [0.1, 0.15) is 4.88 Å². The third-order valence-corrected chi connectivity index (χ3v) is 4.43. The van der Waals surface area contributed by atoms with Gasteiger partial charge in [-0.3, -0.25) is 4.79 Å². The van der Waals surface area contributed by atoms with E-state index in [-0.39, 0.29) is 21.5 Å². The van der Waals surface area contributed by atoms with E-state index in [1.54, 1.807) is 12.1 Å². The van der Waals surface area contributed by atoms with Crippen LogP contribution in [0.3, 0.4) is 0 Å². The lowest BCUT2D eigenvalue weighted by Crippen LogP contribution is -2.03. The van der Waals surface area contributed by atoms with E-state index in [1.807, 2.05) is 6.92 Å². The van der Waals surface area contributed by atoms with Crippen LogP contribution in [0.4, 0.5) is 10.8 Å². The van der Waals surface area contributed by atoms with Crippen LogP contribution in [-0.2, 0) is 0 Å². The Kier molecular flexibility index (Phi) is 4.51. The second-order valence-corrected chi connectivity index (χ2v) is 6.08. The van der Waals surface area contributed by atoms with Crippen LogP contribution in [0.15, 0.2) is 12.1 Å². The van der Waals surface area contributed by atoms with Gasteiger partial charge in [-0.25, -0.2) is 9.78 Å². The Bertz CT molecular complexity index is 712. The van der Waals surface area contributed by atoms with Crippen molar-refractivity contribution in [1.29, 1.82) is 0 Å². The highest BCUT2D eigenvalue weighted by molar-refractivity contribution is 7.17. The number of nitrogens with zero attached hydrogens (tertiary/aromatic N) is 1. The Morgan fingerprint density at radius 3 is 2.48 bits per heavy atom. The summed E-state index contributed by atoms with van der Waals surface area (Å²) in [5.74, 6) is -1.61. The van der Waals surface area contributed by atoms with Gasteiger partial charge in [0.15, 0.2) is 16.6 Å². The number of rotatable bonds is 4. The van der Waals surface area contributed by atoms with Crippen molar-refractivity contribution in [1.82, 2.24) is 4.98 Å². The molecular weight excluding hydrogens is 335 g/mol. The largest absolute Gasteiger partial charge is 0.476 e. The molecule has 0 atom stereocenters. The minimum Gasteiger partial charge on any atom is -0.476 e. The highest BCUT2D eigenvalue weighted by Crippen LogP contribution is 2.33. The van der Waals surface area contributed by atoms with Crippen molar-refractivity contribution in [2.75, 3.05) is 5.32 Å². The predicted molar refractivity (Wildman–Crippen MR) is 83.6 cm³/mol. The van der Waals surface area contributed by atoms with Gasteiger partial charge >= 0.3 is 5.97 Å². The lowest BCUT2D eigenvalue weighted by molar-refractivity contribution is 0.0687. The highest BCUT2D eigenvalue weighted by atomic mass is 35.5. The van der Waals surface area contributed by atoms with E-state index in [1.165, 1.54) is 6.92 Å². The normalized spacial score (nSPS) is 10.5. The van der Waals surface area contributed by atoms with Gasteiger partial charge in [0.2, 0.25) is 0 Å². The molecule has 0 bridgehead atoms. The molecule has 0 saturated carbocycles. The highest BCUT2D eigenvalue weighted by Gasteiger charge is 2.21. The van der Waals surface area contributed by atoms with E-state index in [9.17, 15) is 9.59 Å². The first kappa shape index (κ1) is 15.8. The van der Waals surface area contributed by atoms with Gasteiger partial charge in [0, 0.05) is 11.9 Å². The van der Waals surface area contributed by atoms with E-state index in [4.69, 9.17) is 28.3 Å². The van der Waals surface area contributed by atoms with Crippen molar-refractivity contribution in [3.05, 3.63) is 38.3 Å². The summed E-state index contributed by atoms with van der Waals surface area (Å²) < 4.78 is 0. The van der Waals surface area contributed by atoms with Crippen LogP contribution in [0.5, 0.6) is 0 Å². The summed E-state index contributed by atoms with van der Waals surface area (Å²) in [6, 6.07) is 3.30. The molecule has 8 heteroatoms. The zero-order valence-electron chi connectivity index (χ0n) is 11.0. The Hall–Kier alpha value is -1.63. The zero-order chi connectivity index (χ0) is 15.7. The van der Waals surface area contributed by atoms with Gasteiger partial charge in [0.05, 0.1) is 10.7 Å². The number of aromatic carboxylic acids is 1. The second-order valence-electron chi connectivity index (χ2n) is 4.26. The van der Waals surface area contributed by atoms with Gasteiger partial charge in [-0.1, -0.05) is 34.5 Å².